The highest BCUT2D eigenvalue weighted by molar-refractivity contribution is 7.98. The minimum absolute atomic E-state index is 0.103. The third kappa shape index (κ3) is 6.42. The molecular weight excluding hydrogens is 521 g/mol. The smallest absolute Gasteiger partial charge is 0.319 e. The molecular formula is C25H23Cl2N5O3S. The van der Waals surface area contributed by atoms with Gasteiger partial charge in [0.15, 0.2) is 11.0 Å². The number of nitrogens with zero attached hydrogens (tertiary/aromatic N) is 3. The molecule has 2 amide bonds. The first kappa shape index (κ1) is 25.7. The van der Waals surface area contributed by atoms with Gasteiger partial charge < -0.3 is 20.1 Å². The van der Waals surface area contributed by atoms with Gasteiger partial charge in [0.2, 0.25) is 0 Å². The highest BCUT2D eigenvalue weighted by atomic mass is 35.5. The van der Waals surface area contributed by atoms with Crippen LogP contribution in [0.1, 0.15) is 11.4 Å². The van der Waals surface area contributed by atoms with Gasteiger partial charge in [-0.3, -0.25) is 4.57 Å². The molecule has 1 aromatic heterocycles. The van der Waals surface area contributed by atoms with Crippen molar-refractivity contribution in [2.75, 3.05) is 19.5 Å². The van der Waals surface area contributed by atoms with E-state index in [2.05, 4.69) is 20.8 Å². The van der Waals surface area contributed by atoms with Crippen LogP contribution in [0, 0.1) is 0 Å². The molecule has 0 aliphatic rings. The van der Waals surface area contributed by atoms with Crippen LogP contribution in [0.2, 0.25) is 10.0 Å². The second-order valence-electron chi connectivity index (χ2n) is 7.51. The van der Waals surface area contributed by atoms with Crippen LogP contribution in [0.15, 0.2) is 71.9 Å². The lowest BCUT2D eigenvalue weighted by Crippen LogP contribution is -2.29. The molecule has 4 rings (SSSR count). The zero-order valence-corrected chi connectivity index (χ0v) is 21.8. The molecule has 0 aliphatic heterocycles. The van der Waals surface area contributed by atoms with Crippen molar-refractivity contribution in [1.82, 2.24) is 20.1 Å². The summed E-state index contributed by atoms with van der Waals surface area (Å²) in [6, 6.07) is 19.6. The van der Waals surface area contributed by atoms with Crippen LogP contribution in [0.4, 0.5) is 10.5 Å². The summed E-state index contributed by atoms with van der Waals surface area (Å²) in [7, 11) is 3.20. The van der Waals surface area contributed by atoms with Crippen LogP contribution in [0.3, 0.4) is 0 Å². The zero-order chi connectivity index (χ0) is 25.5. The van der Waals surface area contributed by atoms with Gasteiger partial charge in [-0.25, -0.2) is 4.79 Å². The van der Waals surface area contributed by atoms with E-state index in [1.54, 1.807) is 61.3 Å². The van der Waals surface area contributed by atoms with Crippen molar-refractivity contribution in [2.24, 2.45) is 0 Å². The zero-order valence-electron chi connectivity index (χ0n) is 19.5. The number of amides is 2. The predicted molar refractivity (Wildman–Crippen MR) is 143 cm³/mol. The molecule has 8 nitrogen and oxygen atoms in total. The molecule has 0 radical (unpaired) electrons. The SMILES string of the molecule is COc1cccc(CSc2nnc(CNC(=O)Nc3cccc(OC)c3)n2-c2cc(Cl)ccc2Cl)c1. The highest BCUT2D eigenvalue weighted by Crippen LogP contribution is 2.31. The standard InChI is InChI=1S/C25H23Cl2N5O3S/c1-34-19-7-3-5-16(11-19)15-36-25-31-30-23(32(25)22-12-17(26)9-10-21(22)27)14-28-24(33)29-18-6-4-8-20(13-18)35-2/h3-13H,14-15H2,1-2H3,(H2,28,29,33). The maximum absolute atomic E-state index is 12.5. The molecule has 1 heterocycles. The number of rotatable bonds is 9. The Bertz CT molecular complexity index is 1370. The summed E-state index contributed by atoms with van der Waals surface area (Å²) in [4.78, 5) is 12.5. The Labute approximate surface area is 222 Å². The molecule has 3 aromatic carbocycles. The van der Waals surface area contributed by atoms with Crippen LogP contribution in [0.5, 0.6) is 11.5 Å². The van der Waals surface area contributed by atoms with E-state index in [1.165, 1.54) is 11.8 Å². The number of aromatic nitrogens is 3. The lowest BCUT2D eigenvalue weighted by Gasteiger charge is -2.13. The van der Waals surface area contributed by atoms with Crippen LogP contribution in [-0.2, 0) is 12.3 Å². The number of ether oxygens (including phenoxy) is 2. The Morgan fingerprint density at radius 1 is 0.972 bits per heavy atom. The second kappa shape index (κ2) is 12.0. The normalized spacial score (nSPS) is 10.7. The van der Waals surface area contributed by atoms with E-state index in [-0.39, 0.29) is 6.54 Å². The molecule has 0 spiro atoms. The first-order chi connectivity index (χ1) is 17.5. The minimum atomic E-state index is -0.402. The molecule has 0 aliphatic carbocycles. The maximum atomic E-state index is 12.5. The second-order valence-corrected chi connectivity index (χ2v) is 9.30. The molecule has 2 N–H and O–H groups in total. The van der Waals surface area contributed by atoms with Gasteiger partial charge in [-0.1, -0.05) is 53.2 Å². The molecule has 0 bridgehead atoms. The molecule has 0 saturated carbocycles. The lowest BCUT2D eigenvalue weighted by atomic mass is 10.2. The fourth-order valence-electron chi connectivity index (χ4n) is 3.35. The first-order valence-electron chi connectivity index (χ1n) is 10.8. The quantitative estimate of drug-likeness (QED) is 0.244. The van der Waals surface area contributed by atoms with E-state index in [0.29, 0.717) is 43.9 Å². The van der Waals surface area contributed by atoms with E-state index in [4.69, 9.17) is 32.7 Å². The van der Waals surface area contributed by atoms with E-state index < -0.39 is 6.03 Å². The van der Waals surface area contributed by atoms with Gasteiger partial charge in [-0.05, 0) is 48.0 Å². The van der Waals surface area contributed by atoms with Crippen molar-refractivity contribution in [3.8, 4) is 17.2 Å². The molecule has 0 unspecified atom stereocenters. The van der Waals surface area contributed by atoms with Gasteiger partial charge >= 0.3 is 6.03 Å². The number of hydrogen-bond acceptors (Lipinski definition) is 6. The van der Waals surface area contributed by atoms with E-state index in [0.717, 1.165) is 11.3 Å². The third-order valence-electron chi connectivity index (χ3n) is 5.09. The van der Waals surface area contributed by atoms with Crippen molar-refractivity contribution >= 4 is 46.7 Å². The van der Waals surface area contributed by atoms with Crippen molar-refractivity contribution in [3.63, 3.8) is 0 Å². The number of halogens is 2. The number of hydrogen-bond donors (Lipinski definition) is 2. The van der Waals surface area contributed by atoms with Gasteiger partial charge in [0.05, 0.1) is 31.5 Å². The van der Waals surface area contributed by atoms with E-state index >= 15 is 0 Å². The van der Waals surface area contributed by atoms with Gasteiger partial charge in [0, 0.05) is 22.5 Å². The number of urea groups is 1. The number of thioether (sulfide) groups is 1. The maximum Gasteiger partial charge on any atom is 0.319 e. The average Bonchev–Trinajstić information content (AvgIpc) is 3.30. The summed E-state index contributed by atoms with van der Waals surface area (Å²) in [5.41, 5.74) is 2.27. The largest absolute Gasteiger partial charge is 0.497 e. The Morgan fingerprint density at radius 3 is 2.50 bits per heavy atom. The fourth-order valence-corrected chi connectivity index (χ4v) is 4.63. The molecule has 11 heteroatoms. The molecule has 0 atom stereocenters. The summed E-state index contributed by atoms with van der Waals surface area (Å²) >= 11 is 14.3. The number of nitrogens with one attached hydrogen (secondary N) is 2. The van der Waals surface area contributed by atoms with Gasteiger partial charge in [-0.2, -0.15) is 0 Å². The van der Waals surface area contributed by atoms with Crippen molar-refractivity contribution in [1.29, 1.82) is 0 Å². The molecule has 0 fully saturated rings. The minimum Gasteiger partial charge on any atom is -0.497 e. The molecule has 36 heavy (non-hydrogen) atoms. The van der Waals surface area contributed by atoms with Crippen molar-refractivity contribution in [2.45, 2.75) is 17.5 Å². The Kier molecular flexibility index (Phi) is 8.58. The topological polar surface area (TPSA) is 90.3 Å². The number of carbonyl (C=O) groups excluding carboxylic acids is 1. The van der Waals surface area contributed by atoms with Gasteiger partial charge in [-0.15, -0.1) is 10.2 Å². The van der Waals surface area contributed by atoms with Crippen LogP contribution in [-0.4, -0.2) is 35.0 Å². The van der Waals surface area contributed by atoms with Crippen LogP contribution < -0.4 is 20.1 Å². The first-order valence-corrected chi connectivity index (χ1v) is 12.6. The number of benzene rings is 3. The number of methoxy groups -OCH3 is 2. The lowest BCUT2D eigenvalue weighted by molar-refractivity contribution is 0.251. The van der Waals surface area contributed by atoms with E-state index in [1.807, 2.05) is 24.3 Å². The summed E-state index contributed by atoms with van der Waals surface area (Å²) in [5.74, 6) is 2.53. The highest BCUT2D eigenvalue weighted by Gasteiger charge is 2.18. The predicted octanol–water partition coefficient (Wildman–Crippen LogP) is 6.21. The summed E-state index contributed by atoms with van der Waals surface area (Å²) in [6.45, 7) is 0.103. The Hall–Kier alpha value is -3.40. The fraction of sp³-hybridized carbons (Fsp3) is 0.160. The summed E-state index contributed by atoms with van der Waals surface area (Å²) in [5, 5.41) is 15.9. The summed E-state index contributed by atoms with van der Waals surface area (Å²) in [6.07, 6.45) is 0. The van der Waals surface area contributed by atoms with Crippen molar-refractivity contribution < 1.29 is 14.3 Å². The monoisotopic (exact) mass is 543 g/mol. The van der Waals surface area contributed by atoms with Gasteiger partial charge in [0.1, 0.15) is 11.5 Å². The molecule has 0 saturated heterocycles. The van der Waals surface area contributed by atoms with Gasteiger partial charge in [0.25, 0.3) is 0 Å². The average molecular weight is 544 g/mol. The number of carbonyl (C=O) groups is 1. The molecule has 4 aromatic rings. The molecule has 186 valence electrons. The summed E-state index contributed by atoms with van der Waals surface area (Å²) < 4.78 is 12.3. The Morgan fingerprint density at radius 2 is 1.72 bits per heavy atom. The van der Waals surface area contributed by atoms with Crippen LogP contribution in [0.25, 0.3) is 5.69 Å². The van der Waals surface area contributed by atoms with E-state index in [9.17, 15) is 4.79 Å². The Balaban J connectivity index is 1.55. The number of anilines is 1. The van der Waals surface area contributed by atoms with Crippen molar-refractivity contribution in [3.05, 3.63) is 88.2 Å². The third-order valence-corrected chi connectivity index (χ3v) is 6.64. The van der Waals surface area contributed by atoms with Crippen LogP contribution >= 0.6 is 35.0 Å².